The summed E-state index contributed by atoms with van der Waals surface area (Å²) in [5.41, 5.74) is 1.31. The monoisotopic (exact) mass is 270 g/mol. The van der Waals surface area contributed by atoms with Crippen molar-refractivity contribution in [3.05, 3.63) is 42.0 Å². The molecule has 0 amide bonds. The van der Waals surface area contributed by atoms with Gasteiger partial charge in [-0.15, -0.1) is 0 Å². The third kappa shape index (κ3) is 3.71. The summed E-state index contributed by atoms with van der Waals surface area (Å²) in [5.74, 6) is 0. The highest BCUT2D eigenvalue weighted by Gasteiger charge is 2.26. The first-order chi connectivity index (χ1) is 9.92. The Morgan fingerprint density at radius 2 is 1.80 bits per heavy atom. The van der Waals surface area contributed by atoms with E-state index < -0.39 is 0 Å². The van der Waals surface area contributed by atoms with Gasteiger partial charge < -0.3 is 0 Å². The van der Waals surface area contributed by atoms with E-state index in [9.17, 15) is 0 Å². The average Bonchev–Trinajstić information content (AvgIpc) is 3.03. The number of benzene rings is 1. The molecule has 0 aliphatic carbocycles. The maximum absolute atomic E-state index is 2.72. The first kappa shape index (κ1) is 13.8. The van der Waals surface area contributed by atoms with Crippen molar-refractivity contribution in [1.29, 1.82) is 0 Å². The Morgan fingerprint density at radius 1 is 1.00 bits per heavy atom. The minimum absolute atomic E-state index is 0.816. The van der Waals surface area contributed by atoms with Crippen LogP contribution in [-0.4, -0.2) is 48.6 Å². The topological polar surface area (TPSA) is 6.48 Å². The van der Waals surface area contributed by atoms with E-state index in [1.807, 2.05) is 0 Å². The van der Waals surface area contributed by atoms with Gasteiger partial charge in [0.15, 0.2) is 0 Å². The number of piperidine rings is 1. The number of nitrogens with zero attached hydrogens (tertiary/aromatic N) is 2. The van der Waals surface area contributed by atoms with Gasteiger partial charge in [0, 0.05) is 19.1 Å². The van der Waals surface area contributed by atoms with Gasteiger partial charge in [-0.25, -0.2) is 0 Å². The van der Waals surface area contributed by atoms with Crippen LogP contribution in [0.15, 0.2) is 36.4 Å². The highest BCUT2D eigenvalue weighted by atomic mass is 15.2. The Labute approximate surface area is 123 Å². The van der Waals surface area contributed by atoms with Gasteiger partial charge in [-0.2, -0.15) is 0 Å². The molecule has 1 aromatic rings. The van der Waals surface area contributed by atoms with Gasteiger partial charge in [0.2, 0.25) is 0 Å². The molecule has 108 valence electrons. The molecule has 2 aliphatic heterocycles. The summed E-state index contributed by atoms with van der Waals surface area (Å²) >= 11 is 0. The van der Waals surface area contributed by atoms with Gasteiger partial charge in [-0.3, -0.25) is 9.80 Å². The van der Waals surface area contributed by atoms with E-state index >= 15 is 0 Å². The van der Waals surface area contributed by atoms with Crippen molar-refractivity contribution >= 4 is 6.08 Å². The van der Waals surface area contributed by atoms with Crippen LogP contribution in [0.2, 0.25) is 0 Å². The third-order valence-electron chi connectivity index (χ3n) is 4.61. The Hall–Kier alpha value is -1.12. The molecule has 2 aliphatic rings. The van der Waals surface area contributed by atoms with Crippen molar-refractivity contribution in [2.24, 2.45) is 0 Å². The summed E-state index contributed by atoms with van der Waals surface area (Å²) in [5, 5.41) is 0. The Kier molecular flexibility index (Phi) is 4.88. The molecular formula is C18H26N2. The number of rotatable bonds is 4. The molecule has 0 N–H and O–H groups in total. The fraction of sp³-hybridized carbons (Fsp3) is 0.556. The molecule has 1 atom stereocenters. The zero-order valence-electron chi connectivity index (χ0n) is 12.4. The molecular weight excluding hydrogens is 244 g/mol. The van der Waals surface area contributed by atoms with Crippen molar-refractivity contribution in [3.63, 3.8) is 0 Å². The summed E-state index contributed by atoms with van der Waals surface area (Å²) < 4.78 is 0. The molecule has 20 heavy (non-hydrogen) atoms. The quantitative estimate of drug-likeness (QED) is 0.828. The average molecular weight is 270 g/mol. The van der Waals surface area contributed by atoms with Crippen LogP contribution in [0.1, 0.15) is 31.2 Å². The molecule has 0 spiro atoms. The van der Waals surface area contributed by atoms with Crippen LogP contribution in [0.25, 0.3) is 6.08 Å². The van der Waals surface area contributed by atoms with Crippen LogP contribution in [-0.2, 0) is 0 Å². The molecule has 0 radical (unpaired) electrons. The Balaban J connectivity index is 1.49. The zero-order valence-corrected chi connectivity index (χ0v) is 12.4. The second-order valence-electron chi connectivity index (χ2n) is 6.11. The number of hydrogen-bond acceptors (Lipinski definition) is 2. The molecule has 2 heteroatoms. The van der Waals surface area contributed by atoms with Crippen molar-refractivity contribution in [3.8, 4) is 0 Å². The lowest BCUT2D eigenvalue weighted by Crippen LogP contribution is -2.46. The lowest BCUT2D eigenvalue weighted by atomic mass is 10.0. The molecule has 0 saturated carbocycles. The van der Waals surface area contributed by atoms with E-state index in [4.69, 9.17) is 0 Å². The SMILES string of the molecule is C(=C/c1ccccc1)/CN1CCC[C@@H](N2CCCC2)C1. The molecule has 2 nitrogen and oxygen atoms in total. The van der Waals surface area contributed by atoms with Crippen LogP contribution >= 0.6 is 0 Å². The second-order valence-corrected chi connectivity index (χ2v) is 6.11. The second kappa shape index (κ2) is 7.05. The standard InChI is InChI=1S/C18H26N2/c1-2-8-17(9-3-1)10-6-12-19-13-7-11-18(16-19)20-14-4-5-15-20/h1-3,6,8-10,18H,4-5,7,11-16H2/b10-6-/t18-/m1/s1. The minimum Gasteiger partial charge on any atom is -0.299 e. The number of hydrogen-bond donors (Lipinski definition) is 0. The summed E-state index contributed by atoms with van der Waals surface area (Å²) in [6.07, 6.45) is 10.1. The fourth-order valence-corrected chi connectivity index (χ4v) is 3.50. The van der Waals surface area contributed by atoms with Crippen LogP contribution in [0.5, 0.6) is 0 Å². The highest BCUT2D eigenvalue weighted by Crippen LogP contribution is 2.20. The van der Waals surface area contributed by atoms with E-state index in [1.54, 1.807) is 0 Å². The first-order valence-electron chi connectivity index (χ1n) is 8.10. The first-order valence-corrected chi connectivity index (χ1v) is 8.10. The van der Waals surface area contributed by atoms with Gasteiger partial charge >= 0.3 is 0 Å². The van der Waals surface area contributed by atoms with Gasteiger partial charge in [-0.1, -0.05) is 42.5 Å². The molecule has 0 bridgehead atoms. The highest BCUT2D eigenvalue weighted by molar-refractivity contribution is 5.48. The molecule has 2 fully saturated rings. The summed E-state index contributed by atoms with van der Waals surface area (Å²) in [6.45, 7) is 6.29. The lowest BCUT2D eigenvalue weighted by Gasteiger charge is -2.37. The van der Waals surface area contributed by atoms with E-state index in [0.717, 1.165) is 12.6 Å². The number of likely N-dealkylation sites (tertiary alicyclic amines) is 2. The molecule has 3 rings (SSSR count). The third-order valence-corrected chi connectivity index (χ3v) is 4.61. The van der Waals surface area contributed by atoms with Crippen molar-refractivity contribution < 1.29 is 0 Å². The van der Waals surface area contributed by atoms with Crippen molar-refractivity contribution in [2.45, 2.75) is 31.7 Å². The normalized spacial score (nSPS) is 25.5. The van der Waals surface area contributed by atoms with E-state index in [2.05, 4.69) is 52.3 Å². The smallest absolute Gasteiger partial charge is 0.0223 e. The molecule has 1 aromatic carbocycles. The van der Waals surface area contributed by atoms with Gasteiger partial charge in [0.25, 0.3) is 0 Å². The summed E-state index contributed by atoms with van der Waals surface area (Å²) in [4.78, 5) is 5.33. The molecule has 2 heterocycles. The summed E-state index contributed by atoms with van der Waals surface area (Å²) in [6, 6.07) is 11.4. The largest absolute Gasteiger partial charge is 0.299 e. The van der Waals surface area contributed by atoms with E-state index in [-0.39, 0.29) is 0 Å². The zero-order chi connectivity index (χ0) is 13.6. The molecule has 0 unspecified atom stereocenters. The molecule has 2 saturated heterocycles. The van der Waals surface area contributed by atoms with Crippen LogP contribution < -0.4 is 0 Å². The van der Waals surface area contributed by atoms with Gasteiger partial charge in [0.1, 0.15) is 0 Å². The minimum atomic E-state index is 0.816. The maximum Gasteiger partial charge on any atom is 0.0223 e. The molecule has 0 aromatic heterocycles. The van der Waals surface area contributed by atoms with Crippen molar-refractivity contribution in [2.75, 3.05) is 32.7 Å². The fourth-order valence-electron chi connectivity index (χ4n) is 3.50. The lowest BCUT2D eigenvalue weighted by molar-refractivity contribution is 0.124. The Bertz CT molecular complexity index is 420. The van der Waals surface area contributed by atoms with Gasteiger partial charge in [0.05, 0.1) is 0 Å². The Morgan fingerprint density at radius 3 is 2.60 bits per heavy atom. The predicted molar refractivity (Wildman–Crippen MR) is 85.7 cm³/mol. The summed E-state index contributed by atoms with van der Waals surface area (Å²) in [7, 11) is 0. The van der Waals surface area contributed by atoms with Gasteiger partial charge in [-0.05, 0) is 50.9 Å². The van der Waals surface area contributed by atoms with Crippen LogP contribution in [0, 0.1) is 0 Å². The van der Waals surface area contributed by atoms with Crippen LogP contribution in [0.4, 0.5) is 0 Å². The van der Waals surface area contributed by atoms with Crippen LogP contribution in [0.3, 0.4) is 0 Å². The van der Waals surface area contributed by atoms with Crippen molar-refractivity contribution in [1.82, 2.24) is 9.80 Å². The van der Waals surface area contributed by atoms with E-state index in [1.165, 1.54) is 57.4 Å². The predicted octanol–water partition coefficient (Wildman–Crippen LogP) is 3.26. The van der Waals surface area contributed by atoms with E-state index in [0.29, 0.717) is 0 Å². The maximum atomic E-state index is 2.72.